The number of nitrogens with one attached hydrogen (secondary N) is 1. The summed E-state index contributed by atoms with van der Waals surface area (Å²) >= 11 is 3.48. The van der Waals surface area contributed by atoms with Crippen LogP contribution in [-0.4, -0.2) is 44.3 Å². The average molecular weight is 681 g/mol. The molecular weight excluding hydrogens is 645 g/mol. The van der Waals surface area contributed by atoms with Gasteiger partial charge in [-0.3, -0.25) is 13.9 Å². The molecule has 2 amide bonds. The van der Waals surface area contributed by atoms with Crippen LogP contribution in [0.5, 0.6) is 0 Å². The van der Waals surface area contributed by atoms with Crippen molar-refractivity contribution in [1.29, 1.82) is 0 Å². The highest BCUT2D eigenvalue weighted by atomic mass is 79.9. The number of benzene rings is 4. The van der Waals surface area contributed by atoms with Crippen molar-refractivity contribution >= 4 is 43.5 Å². The fraction of sp³-hybridized carbons (Fsp3) is 0.235. The number of anilines is 1. The van der Waals surface area contributed by atoms with Gasteiger partial charge in [0.05, 0.1) is 10.6 Å². The standard InChI is InChI=1S/C34H35BrFN3O4S/c1-3-20-37-34(41)32(22-26-8-5-4-6-9-26)38(23-27-10-7-11-28(35)21-27)33(40)24-39(30-16-12-25(2)13-17-30)44(42,43)31-18-14-29(36)15-19-31/h4-19,21,32H,3,20,22-24H2,1-2H3,(H,37,41). The Morgan fingerprint density at radius 1 is 0.886 bits per heavy atom. The van der Waals surface area contributed by atoms with Crippen LogP contribution in [0, 0.1) is 12.7 Å². The Labute approximate surface area is 266 Å². The van der Waals surface area contributed by atoms with E-state index in [-0.39, 0.29) is 29.5 Å². The summed E-state index contributed by atoms with van der Waals surface area (Å²) in [5.74, 6) is -1.48. The van der Waals surface area contributed by atoms with E-state index in [2.05, 4.69) is 21.2 Å². The van der Waals surface area contributed by atoms with Crippen molar-refractivity contribution in [2.75, 3.05) is 17.4 Å². The number of carbonyl (C=O) groups is 2. The summed E-state index contributed by atoms with van der Waals surface area (Å²) in [5.41, 5.74) is 2.79. The molecule has 0 spiro atoms. The number of sulfonamides is 1. The SMILES string of the molecule is CCCNC(=O)C(Cc1ccccc1)N(Cc1cccc(Br)c1)C(=O)CN(c1ccc(C)cc1)S(=O)(=O)c1ccc(F)cc1. The van der Waals surface area contributed by atoms with E-state index < -0.39 is 34.3 Å². The Kier molecular flexibility index (Phi) is 11.3. The van der Waals surface area contributed by atoms with E-state index >= 15 is 0 Å². The first kappa shape index (κ1) is 32.9. The zero-order valence-corrected chi connectivity index (χ0v) is 27.0. The van der Waals surface area contributed by atoms with Crippen molar-refractivity contribution in [2.45, 2.75) is 44.2 Å². The van der Waals surface area contributed by atoms with Gasteiger partial charge in [-0.2, -0.15) is 0 Å². The van der Waals surface area contributed by atoms with Crippen LogP contribution in [0.2, 0.25) is 0 Å². The number of aryl methyl sites for hydroxylation is 1. The van der Waals surface area contributed by atoms with E-state index in [1.165, 1.54) is 17.0 Å². The molecule has 7 nitrogen and oxygen atoms in total. The minimum atomic E-state index is -4.30. The summed E-state index contributed by atoms with van der Waals surface area (Å²) in [5, 5.41) is 2.93. The Bertz CT molecular complexity index is 1670. The lowest BCUT2D eigenvalue weighted by Gasteiger charge is -2.34. The molecule has 1 atom stereocenters. The van der Waals surface area contributed by atoms with Gasteiger partial charge in [-0.25, -0.2) is 12.8 Å². The van der Waals surface area contributed by atoms with Crippen LogP contribution < -0.4 is 9.62 Å². The maximum atomic E-state index is 14.4. The quantitative estimate of drug-likeness (QED) is 0.181. The van der Waals surface area contributed by atoms with Gasteiger partial charge in [-0.05, 0) is 73.0 Å². The van der Waals surface area contributed by atoms with Gasteiger partial charge in [0, 0.05) is 24.0 Å². The molecule has 0 heterocycles. The average Bonchev–Trinajstić information content (AvgIpc) is 3.01. The number of hydrogen-bond donors (Lipinski definition) is 1. The van der Waals surface area contributed by atoms with E-state index in [4.69, 9.17) is 0 Å². The molecule has 1 unspecified atom stereocenters. The largest absolute Gasteiger partial charge is 0.354 e. The van der Waals surface area contributed by atoms with Crippen molar-refractivity contribution in [2.24, 2.45) is 0 Å². The molecule has 0 aliphatic rings. The summed E-state index contributed by atoms with van der Waals surface area (Å²) in [7, 11) is -4.30. The molecule has 44 heavy (non-hydrogen) atoms. The van der Waals surface area contributed by atoms with E-state index in [9.17, 15) is 22.4 Å². The highest BCUT2D eigenvalue weighted by Crippen LogP contribution is 2.26. The van der Waals surface area contributed by atoms with Gasteiger partial charge in [0.2, 0.25) is 11.8 Å². The van der Waals surface area contributed by atoms with Crippen LogP contribution >= 0.6 is 15.9 Å². The molecule has 230 valence electrons. The Morgan fingerprint density at radius 2 is 1.55 bits per heavy atom. The predicted molar refractivity (Wildman–Crippen MR) is 174 cm³/mol. The first-order chi connectivity index (χ1) is 21.1. The third-order valence-corrected chi connectivity index (χ3v) is 9.35. The van der Waals surface area contributed by atoms with Gasteiger partial charge < -0.3 is 10.2 Å². The van der Waals surface area contributed by atoms with E-state index in [0.717, 1.165) is 37.6 Å². The molecule has 0 radical (unpaired) electrons. The molecule has 0 aromatic heterocycles. The van der Waals surface area contributed by atoms with Crippen molar-refractivity contribution in [3.05, 3.63) is 130 Å². The Morgan fingerprint density at radius 3 is 2.18 bits per heavy atom. The summed E-state index contributed by atoms with van der Waals surface area (Å²) < 4.78 is 43.5. The van der Waals surface area contributed by atoms with Crippen molar-refractivity contribution in [3.8, 4) is 0 Å². The number of nitrogens with zero attached hydrogens (tertiary/aromatic N) is 2. The van der Waals surface area contributed by atoms with Gasteiger partial charge >= 0.3 is 0 Å². The molecule has 0 saturated carbocycles. The number of amides is 2. The summed E-state index contributed by atoms with van der Waals surface area (Å²) in [6, 6.07) is 27.1. The molecule has 0 fully saturated rings. The van der Waals surface area contributed by atoms with E-state index in [1.807, 2.05) is 68.4 Å². The molecule has 1 N–H and O–H groups in total. The molecule has 10 heteroatoms. The minimum Gasteiger partial charge on any atom is -0.354 e. The Hall–Kier alpha value is -4.02. The molecular formula is C34H35BrFN3O4S. The predicted octanol–water partition coefficient (Wildman–Crippen LogP) is 6.26. The van der Waals surface area contributed by atoms with Gasteiger partial charge in [-0.15, -0.1) is 0 Å². The van der Waals surface area contributed by atoms with Crippen molar-refractivity contribution in [1.82, 2.24) is 10.2 Å². The van der Waals surface area contributed by atoms with E-state index in [0.29, 0.717) is 13.0 Å². The third kappa shape index (κ3) is 8.54. The third-order valence-electron chi connectivity index (χ3n) is 7.06. The fourth-order valence-corrected chi connectivity index (χ4v) is 6.59. The number of rotatable bonds is 13. The normalized spacial score (nSPS) is 11.9. The number of hydrogen-bond acceptors (Lipinski definition) is 4. The van der Waals surface area contributed by atoms with Crippen molar-refractivity contribution < 1.29 is 22.4 Å². The molecule has 0 saturated heterocycles. The highest BCUT2D eigenvalue weighted by molar-refractivity contribution is 9.10. The smallest absolute Gasteiger partial charge is 0.264 e. The first-order valence-corrected chi connectivity index (χ1v) is 16.5. The molecule has 0 bridgehead atoms. The Balaban J connectivity index is 1.79. The lowest BCUT2D eigenvalue weighted by Crippen LogP contribution is -2.53. The van der Waals surface area contributed by atoms with Gasteiger partial charge in [0.25, 0.3) is 10.0 Å². The lowest BCUT2D eigenvalue weighted by molar-refractivity contribution is -0.140. The van der Waals surface area contributed by atoms with Crippen LogP contribution in [0.3, 0.4) is 0 Å². The van der Waals surface area contributed by atoms with Gasteiger partial charge in [0.1, 0.15) is 18.4 Å². The molecule has 4 aromatic rings. The highest BCUT2D eigenvalue weighted by Gasteiger charge is 2.34. The molecule has 0 aliphatic heterocycles. The van der Waals surface area contributed by atoms with Crippen LogP contribution in [0.25, 0.3) is 0 Å². The second-order valence-electron chi connectivity index (χ2n) is 10.4. The topological polar surface area (TPSA) is 86.8 Å². The minimum absolute atomic E-state index is 0.0631. The summed E-state index contributed by atoms with van der Waals surface area (Å²) in [6.07, 6.45) is 0.936. The van der Waals surface area contributed by atoms with Gasteiger partial charge in [-0.1, -0.05) is 83.0 Å². The van der Waals surface area contributed by atoms with Crippen LogP contribution in [0.15, 0.2) is 112 Å². The second kappa shape index (κ2) is 15.1. The molecule has 0 aliphatic carbocycles. The molecule has 4 aromatic carbocycles. The first-order valence-electron chi connectivity index (χ1n) is 14.3. The molecule has 4 rings (SSSR count). The van der Waals surface area contributed by atoms with Crippen LogP contribution in [-0.2, 0) is 32.6 Å². The zero-order chi connectivity index (χ0) is 31.7. The maximum absolute atomic E-state index is 14.4. The second-order valence-corrected chi connectivity index (χ2v) is 13.2. The van der Waals surface area contributed by atoms with Gasteiger partial charge in [0.15, 0.2) is 0 Å². The summed E-state index contributed by atoms with van der Waals surface area (Å²) in [6.45, 7) is 3.72. The lowest BCUT2D eigenvalue weighted by atomic mass is 10.0. The zero-order valence-electron chi connectivity index (χ0n) is 24.6. The number of carbonyl (C=O) groups excluding carboxylic acids is 2. The van der Waals surface area contributed by atoms with Crippen LogP contribution in [0.4, 0.5) is 10.1 Å². The maximum Gasteiger partial charge on any atom is 0.264 e. The van der Waals surface area contributed by atoms with Crippen molar-refractivity contribution in [3.63, 3.8) is 0 Å². The fourth-order valence-electron chi connectivity index (χ4n) is 4.73. The summed E-state index contributed by atoms with van der Waals surface area (Å²) in [4.78, 5) is 29.4. The monoisotopic (exact) mass is 679 g/mol. The number of halogens is 2. The van der Waals surface area contributed by atoms with E-state index in [1.54, 1.807) is 24.3 Å². The van der Waals surface area contributed by atoms with Crippen LogP contribution in [0.1, 0.15) is 30.0 Å².